The Balaban J connectivity index is 1.66. The van der Waals surface area contributed by atoms with Crippen LogP contribution in [0.15, 0.2) is 16.7 Å². The van der Waals surface area contributed by atoms with Crippen molar-refractivity contribution in [1.29, 1.82) is 0 Å². The summed E-state index contributed by atoms with van der Waals surface area (Å²) in [5.41, 5.74) is 0.266. The van der Waals surface area contributed by atoms with Crippen molar-refractivity contribution in [2.24, 2.45) is 5.92 Å². The molecule has 7 nitrogen and oxygen atoms in total. The van der Waals surface area contributed by atoms with Crippen molar-refractivity contribution in [3.63, 3.8) is 0 Å². The highest BCUT2D eigenvalue weighted by atomic mass is 19.3. The Kier molecular flexibility index (Phi) is 4.12. The molecule has 1 amide bonds. The van der Waals surface area contributed by atoms with E-state index in [1.165, 1.54) is 4.90 Å². The number of nitrogens with zero attached hydrogens (tertiary/aromatic N) is 3. The smallest absolute Gasteiger partial charge is 0.279 e. The summed E-state index contributed by atoms with van der Waals surface area (Å²) in [5.74, 6) is -0.0381. The van der Waals surface area contributed by atoms with Crippen LogP contribution in [0.5, 0.6) is 0 Å². The number of aromatic amines is 1. The fourth-order valence-electron chi connectivity index (χ4n) is 2.71. The van der Waals surface area contributed by atoms with Gasteiger partial charge >= 0.3 is 0 Å². The summed E-state index contributed by atoms with van der Waals surface area (Å²) < 4.78 is 30.2. The van der Waals surface area contributed by atoms with Crippen LogP contribution in [-0.2, 0) is 6.42 Å². The van der Waals surface area contributed by atoms with Gasteiger partial charge in [0.25, 0.3) is 12.3 Å². The third-order valence-electron chi connectivity index (χ3n) is 3.89. The molecule has 3 rings (SSSR count). The predicted molar refractivity (Wildman–Crippen MR) is 73.9 cm³/mol. The van der Waals surface area contributed by atoms with Gasteiger partial charge in [-0.3, -0.25) is 9.89 Å². The second-order valence-corrected chi connectivity index (χ2v) is 5.69. The van der Waals surface area contributed by atoms with Crippen LogP contribution < -0.4 is 0 Å². The number of likely N-dealkylation sites (tertiary alicyclic amines) is 1. The second-order valence-electron chi connectivity index (χ2n) is 5.69. The van der Waals surface area contributed by atoms with Gasteiger partial charge in [0.2, 0.25) is 0 Å². The van der Waals surface area contributed by atoms with Crippen molar-refractivity contribution in [2.45, 2.75) is 25.9 Å². The number of aromatic nitrogens is 3. The molecule has 1 aliphatic heterocycles. The fraction of sp³-hybridized carbons (Fsp3) is 0.500. The largest absolute Gasteiger partial charge is 0.391 e. The molecule has 0 saturated carbocycles. The molecule has 0 aliphatic carbocycles. The molecule has 0 bridgehead atoms. The highest BCUT2D eigenvalue weighted by Crippen LogP contribution is 2.24. The van der Waals surface area contributed by atoms with Gasteiger partial charge in [0.1, 0.15) is 11.5 Å². The summed E-state index contributed by atoms with van der Waals surface area (Å²) in [4.78, 5) is 13.7. The van der Waals surface area contributed by atoms with Crippen molar-refractivity contribution in [1.82, 2.24) is 20.3 Å². The Morgan fingerprint density at radius 2 is 2.30 bits per heavy atom. The van der Waals surface area contributed by atoms with Crippen molar-refractivity contribution in [3.05, 3.63) is 35.0 Å². The molecule has 2 N–H and O–H groups in total. The number of alkyl halides is 2. The Morgan fingerprint density at radius 3 is 2.91 bits per heavy atom. The lowest BCUT2D eigenvalue weighted by atomic mass is 10.0. The molecule has 0 aromatic carbocycles. The van der Waals surface area contributed by atoms with Gasteiger partial charge < -0.3 is 14.5 Å². The average Bonchev–Trinajstić information content (AvgIpc) is 3.20. The fourth-order valence-corrected chi connectivity index (χ4v) is 2.71. The molecule has 1 saturated heterocycles. The molecule has 1 fully saturated rings. The predicted octanol–water partition coefficient (Wildman–Crippen LogP) is 1.32. The van der Waals surface area contributed by atoms with Gasteiger partial charge in [-0.25, -0.2) is 8.78 Å². The summed E-state index contributed by atoms with van der Waals surface area (Å²) in [7, 11) is 0. The van der Waals surface area contributed by atoms with E-state index in [4.69, 9.17) is 4.52 Å². The van der Waals surface area contributed by atoms with Crippen LogP contribution in [0, 0.1) is 12.8 Å². The van der Waals surface area contributed by atoms with E-state index in [0.29, 0.717) is 18.7 Å². The molecule has 124 valence electrons. The van der Waals surface area contributed by atoms with Crippen molar-refractivity contribution < 1.29 is 23.2 Å². The zero-order valence-corrected chi connectivity index (χ0v) is 12.4. The van der Waals surface area contributed by atoms with Gasteiger partial charge in [0, 0.05) is 31.5 Å². The van der Waals surface area contributed by atoms with Gasteiger partial charge in [-0.15, -0.1) is 0 Å². The van der Waals surface area contributed by atoms with Gasteiger partial charge in [-0.05, 0) is 13.0 Å². The topological polar surface area (TPSA) is 95.2 Å². The third-order valence-corrected chi connectivity index (χ3v) is 3.89. The monoisotopic (exact) mass is 326 g/mol. The Labute approximate surface area is 130 Å². The molecule has 9 heteroatoms. The number of aryl methyl sites for hydroxylation is 1. The van der Waals surface area contributed by atoms with Crippen molar-refractivity contribution >= 4 is 5.91 Å². The summed E-state index contributed by atoms with van der Waals surface area (Å²) in [5, 5.41) is 19.6. The average molecular weight is 326 g/mol. The zero-order valence-electron chi connectivity index (χ0n) is 12.4. The zero-order chi connectivity index (χ0) is 16.6. The lowest BCUT2D eigenvalue weighted by molar-refractivity contribution is 0.0759. The minimum Gasteiger partial charge on any atom is -0.391 e. The number of hydrogen-bond donors (Lipinski definition) is 2. The summed E-state index contributed by atoms with van der Waals surface area (Å²) in [6, 6.07) is 2.81. The van der Waals surface area contributed by atoms with Crippen LogP contribution in [0.1, 0.15) is 34.1 Å². The minimum absolute atomic E-state index is 0.0799. The number of carbonyl (C=O) groups excluding carboxylic acids is 1. The molecule has 3 heterocycles. The maximum atomic E-state index is 12.5. The van der Waals surface area contributed by atoms with E-state index in [0.717, 1.165) is 11.8 Å². The first kappa shape index (κ1) is 15.6. The maximum absolute atomic E-state index is 12.5. The summed E-state index contributed by atoms with van der Waals surface area (Å²) >= 11 is 0. The number of β-amino-alcohol motifs (C(OH)–C–C–N with tert-alkyl or cyclic N) is 1. The number of halogens is 2. The summed E-state index contributed by atoms with van der Waals surface area (Å²) in [6.45, 7) is 2.23. The number of aliphatic hydroxyl groups excluding tert-OH is 1. The van der Waals surface area contributed by atoms with Crippen molar-refractivity contribution in [2.75, 3.05) is 13.1 Å². The lowest BCUT2D eigenvalue weighted by Gasteiger charge is -2.14. The van der Waals surface area contributed by atoms with Crippen molar-refractivity contribution in [3.8, 4) is 0 Å². The number of hydrogen-bond acceptors (Lipinski definition) is 5. The molecule has 2 atom stereocenters. The molecule has 2 aromatic heterocycles. The summed E-state index contributed by atoms with van der Waals surface area (Å²) in [6.07, 6.45) is -2.97. The Hall–Kier alpha value is -2.29. The van der Waals surface area contributed by atoms with E-state index in [2.05, 4.69) is 15.4 Å². The maximum Gasteiger partial charge on any atom is 0.279 e. The Morgan fingerprint density at radius 1 is 1.52 bits per heavy atom. The van der Waals surface area contributed by atoms with Gasteiger partial charge in [0.15, 0.2) is 5.69 Å². The van der Waals surface area contributed by atoms with Crippen LogP contribution in [0.25, 0.3) is 0 Å². The molecule has 0 spiro atoms. The highest BCUT2D eigenvalue weighted by molar-refractivity contribution is 5.92. The second kappa shape index (κ2) is 6.07. The molecular weight excluding hydrogens is 310 g/mol. The lowest BCUT2D eigenvalue weighted by Crippen LogP contribution is -2.29. The molecular formula is C14H16F2N4O3. The normalized spacial score (nSPS) is 21.3. The SMILES string of the molecule is Cc1cc(CC2CN(C(=O)c3cc(C(F)F)[nH]n3)CC2O)on1. The first-order chi connectivity index (χ1) is 10.9. The van der Waals surface area contributed by atoms with E-state index in [-0.39, 0.29) is 18.2 Å². The van der Waals surface area contributed by atoms with Crippen LogP contribution in [0.3, 0.4) is 0 Å². The Bertz CT molecular complexity index is 700. The number of nitrogens with one attached hydrogen (secondary N) is 1. The third kappa shape index (κ3) is 3.24. The van der Waals surface area contributed by atoms with E-state index in [1.807, 2.05) is 0 Å². The van der Waals surface area contributed by atoms with Crippen LogP contribution in [0.4, 0.5) is 8.78 Å². The van der Waals surface area contributed by atoms with E-state index >= 15 is 0 Å². The van der Waals surface area contributed by atoms with E-state index < -0.39 is 24.1 Å². The molecule has 2 unspecified atom stereocenters. The highest BCUT2D eigenvalue weighted by Gasteiger charge is 2.36. The van der Waals surface area contributed by atoms with Gasteiger partial charge in [0.05, 0.1) is 11.8 Å². The number of carbonyl (C=O) groups is 1. The molecule has 23 heavy (non-hydrogen) atoms. The van der Waals surface area contributed by atoms with Crippen LogP contribution in [0.2, 0.25) is 0 Å². The van der Waals surface area contributed by atoms with Crippen LogP contribution in [-0.4, -0.2) is 50.5 Å². The number of H-pyrrole nitrogens is 1. The minimum atomic E-state index is -2.71. The number of aliphatic hydroxyl groups is 1. The van der Waals surface area contributed by atoms with E-state index in [9.17, 15) is 18.7 Å². The van der Waals surface area contributed by atoms with Gasteiger partial charge in [-0.2, -0.15) is 5.10 Å². The number of amides is 1. The number of rotatable bonds is 4. The molecule has 0 radical (unpaired) electrons. The standard InChI is InChI=1S/C14H16F2N4O3/c1-7-2-9(23-19-7)3-8-5-20(6-12(8)21)14(22)11-4-10(13(15)16)17-18-11/h2,4,8,12-13,21H,3,5-6H2,1H3,(H,17,18). The van der Waals surface area contributed by atoms with Gasteiger partial charge in [-0.1, -0.05) is 5.16 Å². The first-order valence-corrected chi connectivity index (χ1v) is 7.17. The van der Waals surface area contributed by atoms with E-state index in [1.54, 1.807) is 13.0 Å². The molecule has 2 aromatic rings. The quantitative estimate of drug-likeness (QED) is 0.883. The van der Waals surface area contributed by atoms with Crippen LogP contribution >= 0.6 is 0 Å². The first-order valence-electron chi connectivity index (χ1n) is 7.17. The molecule has 1 aliphatic rings.